The zero-order valence-electron chi connectivity index (χ0n) is 12.8. The Bertz CT molecular complexity index is 167. The normalized spacial score (nSPS) is 10.7. The highest BCUT2D eigenvalue weighted by atomic mass is 31.0. The summed E-state index contributed by atoms with van der Waals surface area (Å²) in [4.78, 5) is 9.00. The van der Waals surface area contributed by atoms with E-state index in [2.05, 4.69) is 30.0 Å². The van der Waals surface area contributed by atoms with Crippen LogP contribution in [0.15, 0.2) is 0 Å². The third kappa shape index (κ3) is 15.9. The molecule has 0 aliphatic heterocycles. The van der Waals surface area contributed by atoms with Gasteiger partial charge in [-0.3, -0.25) is 4.79 Å². The number of carboxylic acids is 1. The molecule has 1 atom stereocenters. The Hall–Kier alpha value is -0.100. The molecule has 1 unspecified atom stereocenters. The Balaban J connectivity index is 0. The molecule has 0 spiro atoms. The molecule has 0 radical (unpaired) electrons. The van der Waals surface area contributed by atoms with Crippen LogP contribution in [0.2, 0.25) is 0 Å². The summed E-state index contributed by atoms with van der Waals surface area (Å²) in [5.41, 5.74) is 0. The van der Waals surface area contributed by atoms with Gasteiger partial charge in [-0.2, -0.15) is 0 Å². The smallest absolute Gasteiger partial charge is 0.300 e. The summed E-state index contributed by atoms with van der Waals surface area (Å²) in [5, 5.41) is 7.99. The lowest BCUT2D eigenvalue weighted by Crippen LogP contribution is -2.20. The van der Waals surface area contributed by atoms with Gasteiger partial charge in [-0.05, 0) is 24.4 Å². The molecular formula is C15H33O2P. The minimum Gasteiger partial charge on any atom is -0.481 e. The van der Waals surface area contributed by atoms with Crippen molar-refractivity contribution in [3.8, 4) is 0 Å². The van der Waals surface area contributed by atoms with Gasteiger partial charge in [0, 0.05) is 6.92 Å². The van der Waals surface area contributed by atoms with Crippen molar-refractivity contribution in [2.45, 2.75) is 90.6 Å². The molecule has 110 valence electrons. The third-order valence-electron chi connectivity index (χ3n) is 3.08. The molecule has 3 heteroatoms. The lowest BCUT2D eigenvalue weighted by Gasteiger charge is -2.29. The van der Waals surface area contributed by atoms with E-state index in [0.717, 1.165) is 6.92 Å². The maximum absolute atomic E-state index is 9.00. The van der Waals surface area contributed by atoms with Gasteiger partial charge in [-0.1, -0.05) is 59.3 Å². The highest BCUT2D eigenvalue weighted by molar-refractivity contribution is 7.19. The van der Waals surface area contributed by atoms with Crippen LogP contribution in [0, 0.1) is 0 Å². The van der Waals surface area contributed by atoms with Gasteiger partial charge in [0.2, 0.25) is 0 Å². The van der Waals surface area contributed by atoms with E-state index >= 15 is 0 Å². The van der Waals surface area contributed by atoms with Gasteiger partial charge >= 0.3 is 0 Å². The second-order valence-electron chi connectivity index (χ2n) is 5.19. The number of rotatable bonds is 9. The second kappa shape index (κ2) is 13.3. The molecule has 0 aromatic carbocycles. The third-order valence-corrected chi connectivity index (χ3v) is 3.95. The Morgan fingerprint density at radius 3 is 1.33 bits per heavy atom. The average Bonchev–Trinajstić information content (AvgIpc) is 2.31. The van der Waals surface area contributed by atoms with Crippen LogP contribution in [0.1, 0.15) is 85.5 Å². The maximum Gasteiger partial charge on any atom is 0.300 e. The van der Waals surface area contributed by atoms with Crippen molar-refractivity contribution in [1.29, 1.82) is 0 Å². The lowest BCUT2D eigenvalue weighted by atomic mass is 9.90. The highest BCUT2D eigenvalue weighted by Crippen LogP contribution is 2.36. The Morgan fingerprint density at radius 2 is 1.17 bits per heavy atom. The predicted molar refractivity (Wildman–Crippen MR) is 84.3 cm³/mol. The van der Waals surface area contributed by atoms with Crippen LogP contribution in [-0.2, 0) is 4.79 Å². The topological polar surface area (TPSA) is 37.3 Å². The van der Waals surface area contributed by atoms with Gasteiger partial charge in [0.05, 0.1) is 0 Å². The molecule has 1 N–H and O–H groups in total. The van der Waals surface area contributed by atoms with E-state index in [0.29, 0.717) is 5.16 Å². The first-order chi connectivity index (χ1) is 8.41. The number of carbonyl (C=O) groups is 1. The highest BCUT2D eigenvalue weighted by Gasteiger charge is 2.22. The van der Waals surface area contributed by atoms with Crippen LogP contribution in [0.4, 0.5) is 0 Å². The fraction of sp³-hybridized carbons (Fsp3) is 0.933. The van der Waals surface area contributed by atoms with Crippen molar-refractivity contribution < 1.29 is 9.90 Å². The first-order valence-corrected chi connectivity index (χ1v) is 7.98. The molecule has 2 nitrogen and oxygen atoms in total. The zero-order valence-corrected chi connectivity index (χ0v) is 14.0. The summed E-state index contributed by atoms with van der Waals surface area (Å²) in [6.07, 6.45) is 12.5. The molecule has 0 aromatic heterocycles. The molecule has 0 fully saturated rings. The molecule has 0 bridgehead atoms. The molecule has 0 rings (SSSR count). The monoisotopic (exact) mass is 276 g/mol. The predicted octanol–water partition coefficient (Wildman–Crippen LogP) is 5.26. The molecule has 0 heterocycles. The minimum atomic E-state index is -0.833. The van der Waals surface area contributed by atoms with E-state index < -0.39 is 5.97 Å². The van der Waals surface area contributed by atoms with Gasteiger partial charge < -0.3 is 5.11 Å². The Morgan fingerprint density at radius 1 is 0.944 bits per heavy atom. The number of carboxylic acid groups (broad SMARTS) is 1. The SMILES string of the molecule is CC(=O)O.CCCCC(P)(CCCC)CCCC. The van der Waals surface area contributed by atoms with Crippen LogP contribution in [0.5, 0.6) is 0 Å². The quantitative estimate of drug-likeness (QED) is 0.583. The lowest BCUT2D eigenvalue weighted by molar-refractivity contribution is -0.134. The molecule has 0 aromatic rings. The number of aliphatic carboxylic acids is 1. The molecule has 0 amide bonds. The minimum absolute atomic E-state index is 0.571. The average molecular weight is 276 g/mol. The summed E-state index contributed by atoms with van der Waals surface area (Å²) >= 11 is 0. The summed E-state index contributed by atoms with van der Waals surface area (Å²) in [6.45, 7) is 7.97. The first kappa shape index (κ1) is 20.2. The van der Waals surface area contributed by atoms with Crippen LogP contribution in [-0.4, -0.2) is 16.2 Å². The maximum atomic E-state index is 9.00. The Labute approximate surface area is 116 Å². The summed E-state index contributed by atoms with van der Waals surface area (Å²) in [7, 11) is 3.17. The van der Waals surface area contributed by atoms with Crippen LogP contribution < -0.4 is 0 Å². The zero-order chi connectivity index (χ0) is 14.4. The van der Waals surface area contributed by atoms with Crippen LogP contribution >= 0.6 is 9.24 Å². The van der Waals surface area contributed by atoms with Gasteiger partial charge in [0.15, 0.2) is 0 Å². The van der Waals surface area contributed by atoms with Crippen molar-refractivity contribution in [3.05, 3.63) is 0 Å². The number of hydrogen-bond acceptors (Lipinski definition) is 1. The van der Waals surface area contributed by atoms with E-state index in [1.54, 1.807) is 0 Å². The van der Waals surface area contributed by atoms with E-state index in [1.807, 2.05) is 0 Å². The van der Waals surface area contributed by atoms with E-state index in [9.17, 15) is 0 Å². The largest absolute Gasteiger partial charge is 0.481 e. The van der Waals surface area contributed by atoms with Crippen molar-refractivity contribution in [2.24, 2.45) is 0 Å². The fourth-order valence-electron chi connectivity index (χ4n) is 1.96. The van der Waals surface area contributed by atoms with Crippen molar-refractivity contribution in [2.75, 3.05) is 0 Å². The van der Waals surface area contributed by atoms with E-state index in [1.165, 1.54) is 57.8 Å². The summed E-state index contributed by atoms with van der Waals surface area (Å²) in [6, 6.07) is 0. The second-order valence-corrected chi connectivity index (χ2v) is 6.42. The molecule has 0 aliphatic rings. The van der Waals surface area contributed by atoms with E-state index in [4.69, 9.17) is 9.90 Å². The molecule has 0 saturated carbocycles. The molecule has 18 heavy (non-hydrogen) atoms. The fourth-order valence-corrected chi connectivity index (χ4v) is 2.57. The van der Waals surface area contributed by atoms with E-state index in [-0.39, 0.29) is 0 Å². The molecular weight excluding hydrogens is 243 g/mol. The summed E-state index contributed by atoms with van der Waals surface area (Å²) in [5.74, 6) is -0.833. The van der Waals surface area contributed by atoms with Gasteiger partial charge in [0.25, 0.3) is 5.97 Å². The summed E-state index contributed by atoms with van der Waals surface area (Å²) < 4.78 is 0. The van der Waals surface area contributed by atoms with Crippen LogP contribution in [0.25, 0.3) is 0 Å². The molecule has 0 saturated heterocycles. The number of unbranched alkanes of at least 4 members (excludes halogenated alkanes) is 3. The van der Waals surface area contributed by atoms with Gasteiger partial charge in [-0.15, -0.1) is 9.24 Å². The standard InChI is InChI=1S/C13H29P.C2H4O2/c1-4-7-10-13(14,11-8-5-2)12-9-6-3;1-2(3)4/h4-12,14H2,1-3H3;1H3,(H,3,4). The van der Waals surface area contributed by atoms with Crippen molar-refractivity contribution in [3.63, 3.8) is 0 Å². The van der Waals surface area contributed by atoms with Gasteiger partial charge in [-0.25, -0.2) is 0 Å². The van der Waals surface area contributed by atoms with Crippen LogP contribution in [0.3, 0.4) is 0 Å². The molecule has 0 aliphatic carbocycles. The number of hydrogen-bond donors (Lipinski definition) is 1. The van der Waals surface area contributed by atoms with Gasteiger partial charge in [0.1, 0.15) is 0 Å². The van der Waals surface area contributed by atoms with Crippen molar-refractivity contribution in [1.82, 2.24) is 0 Å². The first-order valence-electron chi connectivity index (χ1n) is 7.40. The Kier molecular flexibility index (Phi) is 15.0. The van der Waals surface area contributed by atoms with Crippen molar-refractivity contribution >= 4 is 15.2 Å².